The molecule has 0 radical (unpaired) electrons. The molecule has 0 amide bonds. The maximum atomic E-state index is 13.3. The van der Waals surface area contributed by atoms with Gasteiger partial charge in [-0.05, 0) is 53.7 Å². The lowest BCUT2D eigenvalue weighted by Crippen LogP contribution is -2.38. The SMILES string of the molecule is CO[C@H]1C[C@@H](C(=O)Cc2ccc(F)nc2)N(c2nc(NC3=NCC(C4(C)CC4)=C3)c3cccn3n2)C1. The molecular formula is C26H28FN7O2. The van der Waals surface area contributed by atoms with Crippen LogP contribution in [0.4, 0.5) is 16.2 Å². The molecule has 0 unspecified atom stereocenters. The second kappa shape index (κ2) is 8.77. The van der Waals surface area contributed by atoms with Crippen LogP contribution >= 0.6 is 0 Å². The van der Waals surface area contributed by atoms with Crippen molar-refractivity contribution in [3.8, 4) is 0 Å². The van der Waals surface area contributed by atoms with E-state index < -0.39 is 12.0 Å². The Bertz CT molecular complexity index is 1380. The van der Waals surface area contributed by atoms with Crippen molar-refractivity contribution in [2.75, 3.05) is 30.4 Å². The minimum atomic E-state index is -0.568. The molecule has 3 aromatic rings. The Hall–Kier alpha value is -3.66. The fourth-order valence-corrected chi connectivity index (χ4v) is 4.96. The van der Waals surface area contributed by atoms with Crippen molar-refractivity contribution in [2.24, 2.45) is 10.4 Å². The van der Waals surface area contributed by atoms with Crippen molar-refractivity contribution in [1.82, 2.24) is 19.6 Å². The number of anilines is 2. The van der Waals surface area contributed by atoms with E-state index in [4.69, 9.17) is 14.8 Å². The molecule has 6 rings (SSSR count). The molecule has 2 aliphatic heterocycles. The van der Waals surface area contributed by atoms with Crippen LogP contribution < -0.4 is 10.2 Å². The zero-order valence-electron chi connectivity index (χ0n) is 20.3. The number of carbonyl (C=O) groups is 1. The molecule has 3 aliphatic rings. The molecule has 36 heavy (non-hydrogen) atoms. The van der Waals surface area contributed by atoms with E-state index in [0.717, 1.165) is 11.4 Å². The van der Waals surface area contributed by atoms with Crippen LogP contribution in [0.15, 0.2) is 53.3 Å². The molecule has 10 heteroatoms. The van der Waals surface area contributed by atoms with Crippen LogP contribution in [0.2, 0.25) is 0 Å². The maximum absolute atomic E-state index is 13.3. The maximum Gasteiger partial charge on any atom is 0.246 e. The monoisotopic (exact) mass is 489 g/mol. The summed E-state index contributed by atoms with van der Waals surface area (Å²) in [6, 6.07) is 6.24. The zero-order valence-corrected chi connectivity index (χ0v) is 20.3. The number of hydrogen-bond donors (Lipinski definition) is 1. The molecule has 1 N–H and O–H groups in total. The van der Waals surface area contributed by atoms with E-state index in [9.17, 15) is 9.18 Å². The Morgan fingerprint density at radius 2 is 2.17 bits per heavy atom. The van der Waals surface area contributed by atoms with Gasteiger partial charge in [-0.15, -0.1) is 5.10 Å². The highest BCUT2D eigenvalue weighted by molar-refractivity contribution is 6.07. The summed E-state index contributed by atoms with van der Waals surface area (Å²) < 4.78 is 20.6. The predicted molar refractivity (Wildman–Crippen MR) is 134 cm³/mol. The number of ketones is 1. The fraction of sp³-hybridized carbons (Fsp3) is 0.423. The van der Waals surface area contributed by atoms with Gasteiger partial charge in [0.15, 0.2) is 11.6 Å². The van der Waals surface area contributed by atoms with Gasteiger partial charge in [-0.1, -0.05) is 13.0 Å². The van der Waals surface area contributed by atoms with E-state index in [0.29, 0.717) is 36.8 Å². The van der Waals surface area contributed by atoms with Crippen molar-refractivity contribution >= 4 is 28.9 Å². The lowest BCUT2D eigenvalue weighted by atomic mass is 9.99. The number of amidine groups is 1. The number of halogens is 1. The van der Waals surface area contributed by atoms with Crippen LogP contribution in [0.5, 0.6) is 0 Å². The Morgan fingerprint density at radius 1 is 1.31 bits per heavy atom. The number of aromatic nitrogens is 4. The number of rotatable bonds is 7. The Labute approximate surface area is 208 Å². The molecule has 3 aromatic heterocycles. The molecular weight excluding hydrogens is 461 g/mol. The fourth-order valence-electron chi connectivity index (χ4n) is 4.96. The van der Waals surface area contributed by atoms with Crippen molar-refractivity contribution in [3.05, 3.63) is 59.8 Å². The van der Waals surface area contributed by atoms with Crippen molar-refractivity contribution in [3.63, 3.8) is 0 Å². The van der Waals surface area contributed by atoms with Gasteiger partial charge in [-0.2, -0.15) is 9.37 Å². The first kappa shape index (κ1) is 22.8. The van der Waals surface area contributed by atoms with E-state index in [1.165, 1.54) is 30.7 Å². The van der Waals surface area contributed by atoms with Crippen LogP contribution in [0.1, 0.15) is 31.7 Å². The highest BCUT2D eigenvalue weighted by Crippen LogP contribution is 2.52. The molecule has 186 valence electrons. The average molecular weight is 490 g/mol. The number of aliphatic imine (C=N–C) groups is 1. The topological polar surface area (TPSA) is 97.0 Å². The molecule has 2 fully saturated rings. The number of nitrogens with one attached hydrogen (secondary N) is 1. The molecule has 0 spiro atoms. The van der Waals surface area contributed by atoms with Crippen LogP contribution in [0.3, 0.4) is 0 Å². The predicted octanol–water partition coefficient (Wildman–Crippen LogP) is 3.22. The average Bonchev–Trinajstić information content (AvgIpc) is 3.29. The van der Waals surface area contributed by atoms with Gasteiger partial charge in [-0.25, -0.2) is 9.50 Å². The number of Topliss-reactive ketones (excluding diaryl/α,β-unsaturated/α-hetero) is 1. The third-order valence-electron chi connectivity index (χ3n) is 7.52. The number of pyridine rings is 1. The molecule has 2 atom stereocenters. The van der Waals surface area contributed by atoms with Gasteiger partial charge < -0.3 is 15.0 Å². The van der Waals surface area contributed by atoms with Crippen LogP contribution in [-0.4, -0.2) is 63.5 Å². The van der Waals surface area contributed by atoms with E-state index >= 15 is 0 Å². The highest BCUT2D eigenvalue weighted by Gasteiger charge is 2.42. The van der Waals surface area contributed by atoms with Crippen LogP contribution in [0.25, 0.3) is 5.52 Å². The molecule has 9 nitrogen and oxygen atoms in total. The smallest absolute Gasteiger partial charge is 0.246 e. The van der Waals surface area contributed by atoms with Gasteiger partial charge in [0.1, 0.15) is 11.4 Å². The van der Waals surface area contributed by atoms with Crippen molar-refractivity contribution in [2.45, 2.75) is 44.8 Å². The summed E-state index contributed by atoms with van der Waals surface area (Å²) in [6.45, 7) is 3.48. The first-order valence-corrected chi connectivity index (χ1v) is 12.2. The third-order valence-corrected chi connectivity index (χ3v) is 7.52. The summed E-state index contributed by atoms with van der Waals surface area (Å²) in [5.41, 5.74) is 3.13. The van der Waals surface area contributed by atoms with Gasteiger partial charge in [0.25, 0.3) is 0 Å². The summed E-state index contributed by atoms with van der Waals surface area (Å²) >= 11 is 0. The molecule has 1 saturated heterocycles. The summed E-state index contributed by atoms with van der Waals surface area (Å²) in [6.07, 6.45) is 8.35. The lowest BCUT2D eigenvalue weighted by Gasteiger charge is -2.24. The summed E-state index contributed by atoms with van der Waals surface area (Å²) in [7, 11) is 1.64. The minimum absolute atomic E-state index is 0.0147. The van der Waals surface area contributed by atoms with Crippen molar-refractivity contribution in [1.29, 1.82) is 0 Å². The van der Waals surface area contributed by atoms with Gasteiger partial charge in [-0.3, -0.25) is 9.79 Å². The number of carbonyl (C=O) groups excluding carboxylic acids is 1. The van der Waals surface area contributed by atoms with Crippen LogP contribution in [-0.2, 0) is 16.0 Å². The number of methoxy groups -OCH3 is 1. The molecule has 1 saturated carbocycles. The van der Waals surface area contributed by atoms with Gasteiger partial charge in [0.05, 0.1) is 18.7 Å². The van der Waals surface area contributed by atoms with E-state index in [-0.39, 0.29) is 23.7 Å². The largest absolute Gasteiger partial charge is 0.380 e. The van der Waals surface area contributed by atoms with Gasteiger partial charge in [0.2, 0.25) is 11.9 Å². The molecule has 0 bridgehead atoms. The van der Waals surface area contributed by atoms with Crippen molar-refractivity contribution < 1.29 is 13.9 Å². The zero-order chi connectivity index (χ0) is 24.9. The Morgan fingerprint density at radius 3 is 2.92 bits per heavy atom. The Kier molecular flexibility index (Phi) is 5.55. The standard InChI is InChI=1S/C26H28FN7O2/c1-26(7-8-26)17-11-23(29-14-17)30-24-19-4-3-9-34(19)32-25(31-24)33-15-18(36-2)12-20(33)21(35)10-16-5-6-22(27)28-13-16/h3-6,9,11,13,18,20H,7-8,10,12,14-15H2,1-2H3,(H,29,30,31,32)/t18-,20-/m0/s1. The van der Waals surface area contributed by atoms with E-state index in [1.807, 2.05) is 23.2 Å². The van der Waals surface area contributed by atoms with Gasteiger partial charge in [0, 0.05) is 38.9 Å². The van der Waals surface area contributed by atoms with E-state index in [1.54, 1.807) is 17.7 Å². The minimum Gasteiger partial charge on any atom is -0.380 e. The first-order valence-electron chi connectivity index (χ1n) is 12.2. The number of fused-ring (bicyclic) bond motifs is 1. The summed E-state index contributed by atoms with van der Waals surface area (Å²) in [4.78, 5) is 28.4. The number of ether oxygens (including phenoxy) is 1. The quantitative estimate of drug-likeness (QED) is 0.509. The highest BCUT2D eigenvalue weighted by atomic mass is 19.1. The number of hydrogen-bond acceptors (Lipinski definition) is 8. The second-order valence-corrected chi connectivity index (χ2v) is 10.0. The lowest BCUT2D eigenvalue weighted by molar-refractivity contribution is -0.119. The molecule has 1 aliphatic carbocycles. The summed E-state index contributed by atoms with van der Waals surface area (Å²) in [5.74, 6) is 1.28. The molecule has 5 heterocycles. The molecule has 0 aromatic carbocycles. The van der Waals surface area contributed by atoms with Crippen LogP contribution in [0, 0.1) is 11.4 Å². The van der Waals surface area contributed by atoms with E-state index in [2.05, 4.69) is 28.3 Å². The Balaban J connectivity index is 1.29. The third kappa shape index (κ3) is 4.26. The number of nitrogens with zero attached hydrogens (tertiary/aromatic N) is 6. The second-order valence-electron chi connectivity index (χ2n) is 10.0. The summed E-state index contributed by atoms with van der Waals surface area (Å²) in [5, 5.41) is 8.10. The van der Waals surface area contributed by atoms with Gasteiger partial charge >= 0.3 is 0 Å². The first-order chi connectivity index (χ1) is 17.4. The normalized spacial score (nSPS) is 22.6.